The lowest BCUT2D eigenvalue weighted by atomic mass is 10.3. The molecule has 102 valence electrons. The highest BCUT2D eigenvalue weighted by Gasteiger charge is 2.11. The lowest BCUT2D eigenvalue weighted by Crippen LogP contribution is -2.28. The Morgan fingerprint density at radius 1 is 1.50 bits per heavy atom. The number of rotatable bonds is 7. The first-order valence-electron chi connectivity index (χ1n) is 6.43. The molecule has 1 aromatic rings. The van der Waals surface area contributed by atoms with Gasteiger partial charge >= 0.3 is 0 Å². The van der Waals surface area contributed by atoms with E-state index in [1.165, 1.54) is 0 Å². The summed E-state index contributed by atoms with van der Waals surface area (Å²) < 4.78 is 1.91. The molecule has 5 heteroatoms. The topological polar surface area (TPSA) is 63.3 Å². The highest BCUT2D eigenvalue weighted by atomic mass is 16.1. The molecule has 0 spiro atoms. The zero-order chi connectivity index (χ0) is 13.5. The van der Waals surface area contributed by atoms with Gasteiger partial charge in [0, 0.05) is 19.3 Å². The van der Waals surface area contributed by atoms with E-state index in [1.807, 2.05) is 24.9 Å². The van der Waals surface area contributed by atoms with E-state index < -0.39 is 0 Å². The van der Waals surface area contributed by atoms with Crippen molar-refractivity contribution in [1.82, 2.24) is 14.8 Å². The standard InChI is InChI=1S/C13H24N4O/c1-4-7-17-10-11(14)9-12(17)13(18)15-6-5-8-16(2)3/h9-10H,4-8,14H2,1-3H3,(H,15,18). The molecule has 0 saturated heterocycles. The van der Waals surface area contributed by atoms with Crippen molar-refractivity contribution in [3.05, 3.63) is 18.0 Å². The lowest BCUT2D eigenvalue weighted by molar-refractivity contribution is 0.0943. The van der Waals surface area contributed by atoms with Crippen LogP contribution < -0.4 is 11.1 Å². The number of carbonyl (C=O) groups excluding carboxylic acids is 1. The Morgan fingerprint density at radius 2 is 2.22 bits per heavy atom. The average Bonchev–Trinajstić information content (AvgIpc) is 2.66. The number of nitrogens with zero attached hydrogens (tertiary/aromatic N) is 2. The molecule has 0 unspecified atom stereocenters. The molecule has 0 saturated carbocycles. The van der Waals surface area contributed by atoms with Crippen LogP contribution in [0.5, 0.6) is 0 Å². The highest BCUT2D eigenvalue weighted by Crippen LogP contribution is 2.11. The summed E-state index contributed by atoms with van der Waals surface area (Å²) >= 11 is 0. The van der Waals surface area contributed by atoms with Gasteiger partial charge in [0.15, 0.2) is 0 Å². The second-order valence-corrected chi connectivity index (χ2v) is 4.76. The van der Waals surface area contributed by atoms with Crippen LogP contribution in [0.3, 0.4) is 0 Å². The molecule has 3 N–H and O–H groups in total. The molecule has 0 atom stereocenters. The Morgan fingerprint density at radius 3 is 2.83 bits per heavy atom. The third-order valence-electron chi connectivity index (χ3n) is 2.68. The zero-order valence-electron chi connectivity index (χ0n) is 11.6. The molecular weight excluding hydrogens is 228 g/mol. The van der Waals surface area contributed by atoms with Gasteiger partial charge in [-0.05, 0) is 39.5 Å². The molecule has 1 aromatic heterocycles. The van der Waals surface area contributed by atoms with Crippen LogP contribution in [0.4, 0.5) is 5.69 Å². The molecule has 0 aromatic carbocycles. The summed E-state index contributed by atoms with van der Waals surface area (Å²) in [5.74, 6) is -0.0427. The van der Waals surface area contributed by atoms with Crippen molar-refractivity contribution in [2.45, 2.75) is 26.3 Å². The van der Waals surface area contributed by atoms with Crippen molar-refractivity contribution < 1.29 is 4.79 Å². The first-order chi connectivity index (χ1) is 8.54. The molecule has 18 heavy (non-hydrogen) atoms. The van der Waals surface area contributed by atoms with Gasteiger partial charge in [0.25, 0.3) is 5.91 Å². The van der Waals surface area contributed by atoms with Crippen LogP contribution in [-0.2, 0) is 6.54 Å². The van der Waals surface area contributed by atoms with Gasteiger partial charge < -0.3 is 20.5 Å². The van der Waals surface area contributed by atoms with E-state index in [9.17, 15) is 4.79 Å². The molecule has 0 radical (unpaired) electrons. The molecule has 1 heterocycles. The van der Waals surface area contributed by atoms with Crippen molar-refractivity contribution in [3.63, 3.8) is 0 Å². The minimum absolute atomic E-state index is 0.0427. The van der Waals surface area contributed by atoms with E-state index in [-0.39, 0.29) is 5.91 Å². The molecule has 0 aliphatic rings. The van der Waals surface area contributed by atoms with Gasteiger partial charge in [0.2, 0.25) is 0 Å². The summed E-state index contributed by atoms with van der Waals surface area (Å²) in [6.45, 7) is 4.55. The van der Waals surface area contributed by atoms with Gasteiger partial charge in [-0.1, -0.05) is 6.92 Å². The van der Waals surface area contributed by atoms with Gasteiger partial charge in [0.05, 0.1) is 5.69 Å². The molecule has 1 amide bonds. The number of aromatic nitrogens is 1. The predicted molar refractivity (Wildman–Crippen MR) is 74.6 cm³/mol. The summed E-state index contributed by atoms with van der Waals surface area (Å²) in [5, 5.41) is 2.92. The summed E-state index contributed by atoms with van der Waals surface area (Å²) in [4.78, 5) is 14.1. The molecule has 0 aliphatic carbocycles. The van der Waals surface area contributed by atoms with Crippen LogP contribution >= 0.6 is 0 Å². The highest BCUT2D eigenvalue weighted by molar-refractivity contribution is 5.93. The van der Waals surface area contributed by atoms with E-state index in [2.05, 4.69) is 17.1 Å². The number of hydrogen-bond acceptors (Lipinski definition) is 3. The summed E-state index contributed by atoms with van der Waals surface area (Å²) in [6, 6.07) is 1.73. The number of amides is 1. The molecule has 0 fully saturated rings. The second-order valence-electron chi connectivity index (χ2n) is 4.76. The van der Waals surface area contributed by atoms with Crippen molar-refractivity contribution >= 4 is 11.6 Å². The molecule has 1 rings (SSSR count). The van der Waals surface area contributed by atoms with Crippen LogP contribution in [0.15, 0.2) is 12.3 Å². The number of nitrogen functional groups attached to an aromatic ring is 1. The van der Waals surface area contributed by atoms with Gasteiger partial charge in [-0.15, -0.1) is 0 Å². The monoisotopic (exact) mass is 252 g/mol. The first-order valence-corrected chi connectivity index (χ1v) is 6.43. The molecule has 0 aliphatic heterocycles. The molecular formula is C13H24N4O. The van der Waals surface area contributed by atoms with Gasteiger partial charge in [-0.2, -0.15) is 0 Å². The fourth-order valence-electron chi connectivity index (χ4n) is 1.84. The Balaban J connectivity index is 2.50. The third kappa shape index (κ3) is 4.41. The van der Waals surface area contributed by atoms with E-state index >= 15 is 0 Å². The van der Waals surface area contributed by atoms with Gasteiger partial charge in [-0.25, -0.2) is 0 Å². The quantitative estimate of drug-likeness (QED) is 0.716. The smallest absolute Gasteiger partial charge is 0.267 e. The van der Waals surface area contributed by atoms with Gasteiger partial charge in [-0.3, -0.25) is 4.79 Å². The van der Waals surface area contributed by atoms with Gasteiger partial charge in [0.1, 0.15) is 5.69 Å². The second kappa shape index (κ2) is 7.06. The van der Waals surface area contributed by atoms with Crippen LogP contribution in [0.2, 0.25) is 0 Å². The number of hydrogen-bond donors (Lipinski definition) is 2. The number of anilines is 1. The normalized spacial score (nSPS) is 10.9. The minimum Gasteiger partial charge on any atom is -0.397 e. The summed E-state index contributed by atoms with van der Waals surface area (Å²) in [6.07, 6.45) is 3.75. The average molecular weight is 252 g/mol. The number of aryl methyl sites for hydroxylation is 1. The summed E-state index contributed by atoms with van der Waals surface area (Å²) in [7, 11) is 4.05. The largest absolute Gasteiger partial charge is 0.397 e. The Labute approximate surface area is 109 Å². The minimum atomic E-state index is -0.0427. The Hall–Kier alpha value is -1.49. The molecule has 0 bridgehead atoms. The van der Waals surface area contributed by atoms with Crippen LogP contribution in [-0.4, -0.2) is 42.6 Å². The van der Waals surface area contributed by atoms with Crippen molar-refractivity contribution in [2.75, 3.05) is 32.9 Å². The number of carbonyl (C=O) groups is 1. The zero-order valence-corrected chi connectivity index (χ0v) is 11.6. The third-order valence-corrected chi connectivity index (χ3v) is 2.68. The maximum Gasteiger partial charge on any atom is 0.267 e. The van der Waals surface area contributed by atoms with E-state index in [4.69, 9.17) is 5.73 Å². The maximum atomic E-state index is 12.0. The fourth-order valence-corrected chi connectivity index (χ4v) is 1.84. The predicted octanol–water partition coefficient (Wildman–Crippen LogP) is 1.16. The van der Waals surface area contributed by atoms with Crippen molar-refractivity contribution in [2.24, 2.45) is 0 Å². The summed E-state index contributed by atoms with van der Waals surface area (Å²) in [5.41, 5.74) is 7.03. The van der Waals surface area contributed by atoms with Crippen molar-refractivity contribution in [3.8, 4) is 0 Å². The lowest BCUT2D eigenvalue weighted by Gasteiger charge is -2.11. The SMILES string of the molecule is CCCn1cc(N)cc1C(=O)NCCCN(C)C. The number of nitrogens with two attached hydrogens (primary N) is 1. The van der Waals surface area contributed by atoms with Crippen molar-refractivity contribution in [1.29, 1.82) is 0 Å². The Bertz CT molecular complexity index is 384. The molecule has 5 nitrogen and oxygen atoms in total. The van der Waals surface area contributed by atoms with E-state index in [0.29, 0.717) is 17.9 Å². The first kappa shape index (κ1) is 14.6. The Kier molecular flexibility index (Phi) is 5.71. The fraction of sp³-hybridized carbons (Fsp3) is 0.615. The van der Waals surface area contributed by atoms with Crippen LogP contribution in [0, 0.1) is 0 Å². The van der Waals surface area contributed by atoms with Crippen LogP contribution in [0.1, 0.15) is 30.3 Å². The van der Waals surface area contributed by atoms with E-state index in [0.717, 1.165) is 25.9 Å². The number of nitrogens with one attached hydrogen (secondary N) is 1. The van der Waals surface area contributed by atoms with E-state index in [1.54, 1.807) is 6.07 Å². The van der Waals surface area contributed by atoms with Crippen LogP contribution in [0.25, 0.3) is 0 Å². The maximum absolute atomic E-state index is 12.0.